The fraction of sp³-hybridized carbons (Fsp3) is 0.769. The van der Waals surface area contributed by atoms with E-state index in [0.717, 1.165) is 5.56 Å². The lowest BCUT2D eigenvalue weighted by molar-refractivity contribution is -0.152. The Balaban J connectivity index is 1.87. The van der Waals surface area contributed by atoms with Gasteiger partial charge in [-0.15, -0.1) is 0 Å². The molecule has 0 aromatic heterocycles. The second-order valence-electron chi connectivity index (χ2n) is 10.6. The molecule has 1 heterocycles. The first-order valence-corrected chi connectivity index (χ1v) is 14.4. The normalized spacial score (nSPS) is 22.2. The molecule has 1 aliphatic rings. The minimum Gasteiger partial charge on any atom is -0.416 e. The van der Waals surface area contributed by atoms with Gasteiger partial charge in [0.05, 0.1) is 25.4 Å². The Morgan fingerprint density at radius 3 is 2.06 bits per heavy atom. The topological polar surface area (TPSA) is 57.2 Å². The highest BCUT2D eigenvalue weighted by Crippen LogP contribution is 2.42. The molecule has 0 unspecified atom stereocenters. The number of rotatable bonds is 13. The summed E-state index contributed by atoms with van der Waals surface area (Å²) in [4.78, 5) is 0. The molecule has 5 nitrogen and oxygen atoms in total. The maximum Gasteiger partial charge on any atom is 0.200 e. The van der Waals surface area contributed by atoms with Gasteiger partial charge in [-0.1, -0.05) is 71.9 Å². The molecule has 0 bridgehead atoms. The van der Waals surface area contributed by atoms with Crippen molar-refractivity contribution >= 4 is 8.32 Å². The van der Waals surface area contributed by atoms with Crippen LogP contribution in [0, 0.1) is 0 Å². The lowest BCUT2D eigenvalue weighted by Gasteiger charge is -2.42. The van der Waals surface area contributed by atoms with Crippen molar-refractivity contribution < 1.29 is 23.7 Å². The van der Waals surface area contributed by atoms with Crippen LogP contribution >= 0.6 is 0 Å². The molecule has 1 aromatic carbocycles. The molecule has 1 fully saturated rings. The van der Waals surface area contributed by atoms with Crippen molar-refractivity contribution in [3.05, 3.63) is 35.9 Å². The van der Waals surface area contributed by atoms with E-state index in [1.165, 1.54) is 0 Å². The van der Waals surface area contributed by atoms with Gasteiger partial charge in [0.15, 0.2) is 14.1 Å². The van der Waals surface area contributed by atoms with Crippen molar-refractivity contribution in [1.29, 1.82) is 0 Å². The van der Waals surface area contributed by atoms with E-state index >= 15 is 0 Å². The van der Waals surface area contributed by atoms with Crippen LogP contribution in [0.4, 0.5) is 0 Å². The van der Waals surface area contributed by atoms with Gasteiger partial charge in [-0.3, -0.25) is 0 Å². The zero-order chi connectivity index (χ0) is 23.9. The number of aliphatic hydroxyl groups excluding tert-OH is 1. The van der Waals surface area contributed by atoms with Crippen molar-refractivity contribution in [3.8, 4) is 0 Å². The van der Waals surface area contributed by atoms with Gasteiger partial charge in [0.1, 0.15) is 6.10 Å². The van der Waals surface area contributed by atoms with Crippen molar-refractivity contribution in [2.24, 2.45) is 0 Å². The molecule has 0 radical (unpaired) electrons. The fourth-order valence-corrected chi connectivity index (χ4v) is 10.8. The standard InChI is InChI=1S/C26H46O5Si/c1-19(2)32(20(3)4,21(5)6)29-15-14-23(27)16-24-25(31-26(7,8)30-24)18-28-17-22-12-10-9-11-13-22/h9-13,19-21,23-25,27H,14-18H2,1-8H3/t23-,24-,25-/m1/s1. The summed E-state index contributed by atoms with van der Waals surface area (Å²) in [7, 11) is -1.91. The van der Waals surface area contributed by atoms with E-state index in [4.69, 9.17) is 18.6 Å². The Morgan fingerprint density at radius 1 is 0.938 bits per heavy atom. The highest BCUT2D eigenvalue weighted by atomic mass is 28.4. The largest absolute Gasteiger partial charge is 0.416 e. The van der Waals surface area contributed by atoms with E-state index in [1.807, 2.05) is 44.2 Å². The molecule has 0 aliphatic carbocycles. The Morgan fingerprint density at radius 2 is 1.50 bits per heavy atom. The SMILES string of the molecule is CC(C)[Si](OCC[C@@H](O)C[C@H]1OC(C)(C)O[C@@H]1COCc1ccccc1)(C(C)C)C(C)C. The smallest absolute Gasteiger partial charge is 0.200 e. The predicted molar refractivity (Wildman–Crippen MR) is 132 cm³/mol. The third kappa shape index (κ3) is 7.37. The van der Waals surface area contributed by atoms with Gasteiger partial charge >= 0.3 is 0 Å². The summed E-state index contributed by atoms with van der Waals surface area (Å²) >= 11 is 0. The van der Waals surface area contributed by atoms with Crippen LogP contribution in [0.15, 0.2) is 30.3 Å². The lowest BCUT2D eigenvalue weighted by Crippen LogP contribution is -2.48. The van der Waals surface area contributed by atoms with Gasteiger partial charge in [0.2, 0.25) is 0 Å². The molecule has 1 aromatic rings. The second kappa shape index (κ2) is 12.1. The first-order chi connectivity index (χ1) is 15.0. The van der Waals surface area contributed by atoms with E-state index in [9.17, 15) is 5.11 Å². The molecule has 1 aliphatic heterocycles. The van der Waals surface area contributed by atoms with Gasteiger partial charge < -0.3 is 23.7 Å². The van der Waals surface area contributed by atoms with Crippen LogP contribution < -0.4 is 0 Å². The Bertz CT molecular complexity index is 640. The molecule has 184 valence electrons. The molecule has 2 rings (SSSR count). The van der Waals surface area contributed by atoms with Gasteiger partial charge in [-0.05, 0) is 42.5 Å². The fourth-order valence-electron chi connectivity index (χ4n) is 5.37. The van der Waals surface area contributed by atoms with E-state index in [1.54, 1.807) is 0 Å². The highest BCUT2D eigenvalue weighted by Gasteiger charge is 2.45. The third-order valence-electron chi connectivity index (χ3n) is 6.69. The molecule has 1 N–H and O–H groups in total. The second-order valence-corrected chi connectivity index (χ2v) is 16.0. The zero-order valence-electron chi connectivity index (χ0n) is 21.5. The van der Waals surface area contributed by atoms with Crippen LogP contribution in [0.5, 0.6) is 0 Å². The van der Waals surface area contributed by atoms with E-state index < -0.39 is 20.2 Å². The lowest BCUT2D eigenvalue weighted by atomic mass is 10.1. The van der Waals surface area contributed by atoms with Gasteiger partial charge in [0.25, 0.3) is 0 Å². The number of benzene rings is 1. The maximum absolute atomic E-state index is 10.8. The zero-order valence-corrected chi connectivity index (χ0v) is 22.5. The van der Waals surface area contributed by atoms with Crippen LogP contribution in [0.2, 0.25) is 16.6 Å². The quantitative estimate of drug-likeness (QED) is 0.358. The molecule has 0 saturated carbocycles. The molecular weight excluding hydrogens is 420 g/mol. The highest BCUT2D eigenvalue weighted by molar-refractivity contribution is 6.77. The first kappa shape index (κ1) is 27.5. The van der Waals surface area contributed by atoms with Crippen molar-refractivity contribution in [2.75, 3.05) is 13.2 Å². The monoisotopic (exact) mass is 466 g/mol. The minimum atomic E-state index is -1.91. The first-order valence-electron chi connectivity index (χ1n) is 12.3. The summed E-state index contributed by atoms with van der Waals surface area (Å²) in [6.07, 6.45) is 0.245. The van der Waals surface area contributed by atoms with Crippen LogP contribution in [0.1, 0.15) is 73.8 Å². The summed E-state index contributed by atoms with van der Waals surface area (Å²) in [6, 6.07) is 10.1. The Labute approximate surface area is 196 Å². The maximum atomic E-state index is 10.8. The molecule has 0 spiro atoms. The molecule has 32 heavy (non-hydrogen) atoms. The molecular formula is C26H46O5Si. The van der Waals surface area contributed by atoms with Gasteiger partial charge in [0, 0.05) is 13.0 Å². The van der Waals surface area contributed by atoms with Crippen LogP contribution in [0.3, 0.4) is 0 Å². The van der Waals surface area contributed by atoms with Crippen LogP contribution in [-0.2, 0) is 25.2 Å². The summed E-state index contributed by atoms with van der Waals surface area (Å²) in [6.45, 7) is 19.1. The number of ether oxygens (including phenoxy) is 3. The molecule has 3 atom stereocenters. The average Bonchev–Trinajstić information content (AvgIpc) is 2.98. The molecule has 0 amide bonds. The summed E-state index contributed by atoms with van der Waals surface area (Å²) in [5, 5.41) is 10.8. The van der Waals surface area contributed by atoms with Crippen molar-refractivity contribution in [1.82, 2.24) is 0 Å². The Kier molecular flexibility index (Phi) is 10.4. The van der Waals surface area contributed by atoms with Gasteiger partial charge in [-0.2, -0.15) is 0 Å². The number of aliphatic hydroxyl groups is 1. The summed E-state index contributed by atoms with van der Waals surface area (Å²) in [5.41, 5.74) is 2.75. The third-order valence-corrected chi connectivity index (χ3v) is 12.8. The summed E-state index contributed by atoms with van der Waals surface area (Å²) in [5.74, 6) is -0.670. The van der Waals surface area contributed by atoms with Crippen LogP contribution in [0.25, 0.3) is 0 Å². The number of hydrogen-bond donors (Lipinski definition) is 1. The molecule has 6 heteroatoms. The van der Waals surface area contributed by atoms with E-state index in [2.05, 4.69) is 41.5 Å². The predicted octanol–water partition coefficient (Wildman–Crippen LogP) is 6.06. The summed E-state index contributed by atoms with van der Waals surface area (Å²) < 4.78 is 24.7. The Hall–Kier alpha value is -0.763. The molecule has 1 saturated heterocycles. The number of hydrogen-bond acceptors (Lipinski definition) is 5. The average molecular weight is 467 g/mol. The van der Waals surface area contributed by atoms with E-state index in [0.29, 0.717) is 49.3 Å². The van der Waals surface area contributed by atoms with Crippen LogP contribution in [-0.4, -0.2) is 50.7 Å². The minimum absolute atomic E-state index is 0.195. The van der Waals surface area contributed by atoms with E-state index in [-0.39, 0.29) is 12.2 Å². The van der Waals surface area contributed by atoms with Crippen molar-refractivity contribution in [2.45, 2.75) is 116 Å². The van der Waals surface area contributed by atoms with Crippen molar-refractivity contribution in [3.63, 3.8) is 0 Å². The van der Waals surface area contributed by atoms with Gasteiger partial charge in [-0.25, -0.2) is 0 Å².